The van der Waals surface area contributed by atoms with Crippen LogP contribution in [0.25, 0.3) is 32.9 Å². The number of hydrogen-bond donors (Lipinski definition) is 0. The summed E-state index contributed by atoms with van der Waals surface area (Å²) in [6.07, 6.45) is 6.92. The Morgan fingerprint density at radius 1 is 1.22 bits per heavy atom. The number of aromatic nitrogens is 3. The van der Waals surface area contributed by atoms with Gasteiger partial charge in [-0.3, -0.25) is 14.7 Å². The normalized spacial score (nSPS) is 21.9. The van der Waals surface area contributed by atoms with Crippen molar-refractivity contribution in [2.75, 3.05) is 73.7 Å². The van der Waals surface area contributed by atoms with Crippen LogP contribution in [0.15, 0.2) is 54.7 Å². The summed E-state index contributed by atoms with van der Waals surface area (Å²) in [6, 6.07) is 11.1. The molecular formula is C38H43ClF2N7O3+. The number of benzene rings is 2. The molecule has 2 aromatic carbocycles. The lowest BCUT2D eigenvalue weighted by atomic mass is 9.95. The van der Waals surface area contributed by atoms with Crippen molar-refractivity contribution in [3.05, 3.63) is 65.6 Å². The fourth-order valence-corrected chi connectivity index (χ4v) is 7.98. The summed E-state index contributed by atoms with van der Waals surface area (Å²) in [6.45, 7) is 4.35. The van der Waals surface area contributed by atoms with Crippen molar-refractivity contribution < 1.29 is 27.6 Å². The van der Waals surface area contributed by atoms with E-state index in [1.165, 1.54) is 0 Å². The molecule has 0 N–H and O–H groups in total. The molecule has 5 heterocycles. The van der Waals surface area contributed by atoms with Gasteiger partial charge in [-0.1, -0.05) is 48.0 Å². The number of carbonyl (C=O) groups excluding carboxylic acids is 1. The molecule has 3 aliphatic rings. The van der Waals surface area contributed by atoms with E-state index in [0.29, 0.717) is 72.8 Å². The molecule has 0 bridgehead atoms. The van der Waals surface area contributed by atoms with Crippen molar-refractivity contribution in [1.82, 2.24) is 29.7 Å². The highest BCUT2D eigenvalue weighted by Crippen LogP contribution is 2.41. The molecule has 0 saturated carbocycles. The topological polar surface area (TPSA) is 86.9 Å². The number of nitrogens with zero attached hydrogens (tertiary/aromatic N) is 7. The predicted octanol–water partition coefficient (Wildman–Crippen LogP) is 5.67. The molecule has 3 saturated heterocycles. The molecule has 10 nitrogen and oxygen atoms in total. The predicted molar refractivity (Wildman–Crippen MR) is 194 cm³/mol. The summed E-state index contributed by atoms with van der Waals surface area (Å²) in [5.41, 5.74) is 1.21. The largest absolute Gasteiger partial charge is 0.443 e. The summed E-state index contributed by atoms with van der Waals surface area (Å²) in [4.78, 5) is 33.1. The zero-order valence-corrected chi connectivity index (χ0v) is 30.0. The summed E-state index contributed by atoms with van der Waals surface area (Å²) >= 11 is 6.62. The van der Waals surface area contributed by atoms with E-state index in [1.54, 1.807) is 36.4 Å². The fourth-order valence-electron chi connectivity index (χ4n) is 7.70. The number of pyridine rings is 1. The van der Waals surface area contributed by atoms with Gasteiger partial charge >= 0.3 is 11.8 Å². The number of fused-ring (bicyclic) bond motifs is 3. The number of halogens is 3. The Hall–Kier alpha value is -4.10. The summed E-state index contributed by atoms with van der Waals surface area (Å²) in [5.74, 6) is -0.288. The van der Waals surface area contributed by atoms with Crippen molar-refractivity contribution in [1.29, 1.82) is 0 Å². The molecule has 1 amide bonds. The van der Waals surface area contributed by atoms with Gasteiger partial charge in [-0.25, -0.2) is 13.4 Å². The second kappa shape index (κ2) is 14.9. The Kier molecular flexibility index (Phi) is 10.3. The summed E-state index contributed by atoms with van der Waals surface area (Å²) in [5, 5.41) is 2.45. The monoisotopic (exact) mass is 718 g/mol. The molecule has 4 aromatic rings. The number of carbonyl (C=O) groups is 1. The lowest BCUT2D eigenvalue weighted by Gasteiger charge is -2.30. The molecule has 3 fully saturated rings. The Bertz CT molecular complexity index is 2020. The zero-order chi connectivity index (χ0) is 35.7. The van der Waals surface area contributed by atoms with E-state index < -0.39 is 17.5 Å². The van der Waals surface area contributed by atoms with Gasteiger partial charge in [-0.2, -0.15) is 4.98 Å². The van der Waals surface area contributed by atoms with Crippen LogP contribution in [0.5, 0.6) is 6.01 Å². The summed E-state index contributed by atoms with van der Waals surface area (Å²) < 4.78 is 44.7. The average Bonchev–Trinajstić information content (AvgIpc) is 3.84. The van der Waals surface area contributed by atoms with Crippen molar-refractivity contribution in [2.45, 2.75) is 37.4 Å². The van der Waals surface area contributed by atoms with E-state index in [1.807, 2.05) is 49.0 Å². The highest BCUT2D eigenvalue weighted by Gasteiger charge is 2.49. The van der Waals surface area contributed by atoms with E-state index in [-0.39, 0.29) is 29.7 Å². The molecule has 0 spiro atoms. The molecule has 0 radical (unpaired) electrons. The van der Waals surface area contributed by atoms with Crippen LogP contribution >= 0.6 is 11.6 Å². The minimum Gasteiger partial charge on any atom is -0.443 e. The van der Waals surface area contributed by atoms with Gasteiger partial charge in [0.1, 0.15) is 35.1 Å². The maximum absolute atomic E-state index is 16.8. The van der Waals surface area contributed by atoms with E-state index >= 15 is 4.39 Å². The van der Waals surface area contributed by atoms with Crippen LogP contribution in [0.4, 0.5) is 14.6 Å². The third-order valence-electron chi connectivity index (χ3n) is 10.5. The maximum atomic E-state index is 16.8. The molecule has 0 unspecified atom stereocenters. The first-order chi connectivity index (χ1) is 24.7. The lowest BCUT2D eigenvalue weighted by Crippen LogP contribution is -2.43. The smallest absolute Gasteiger partial charge is 0.434 e. The lowest BCUT2D eigenvalue weighted by molar-refractivity contribution is -0.409. The quantitative estimate of drug-likeness (QED) is 0.145. The molecule has 3 aliphatic heterocycles. The fraction of sp³-hybridized carbons (Fsp3) is 0.447. The van der Waals surface area contributed by atoms with Crippen LogP contribution in [0.3, 0.4) is 0 Å². The van der Waals surface area contributed by atoms with E-state index in [2.05, 4.69) is 19.8 Å². The van der Waals surface area contributed by atoms with Gasteiger partial charge in [0.2, 0.25) is 5.91 Å². The van der Waals surface area contributed by atoms with Gasteiger partial charge in [0.05, 0.1) is 25.7 Å². The Morgan fingerprint density at radius 3 is 2.86 bits per heavy atom. The molecular weight excluding hydrogens is 676 g/mol. The van der Waals surface area contributed by atoms with Gasteiger partial charge < -0.3 is 19.3 Å². The number of rotatable bonds is 11. The first kappa shape index (κ1) is 35.3. The maximum Gasteiger partial charge on any atom is 0.434 e. The standard InChI is InChI=1S/C38H43ClF2N7O3/c1-45(18-19-50-3)15-6-12-31(49)47-17-13-27(23-47)46(2)36-29-21-42-34(28-10-4-8-25-9-5-11-30(39)32(25)28)33(41)35(29)43-37(44-36)51-24-38-14-7-16-48(38)22-26(40)20-38/h4-6,8-12,21,26H,7,13-20,22-24H2,1-3H3/q+1/b12-6+,46-27?/t26-,38+/m1/s1. The average molecular weight is 719 g/mol. The zero-order valence-electron chi connectivity index (χ0n) is 29.2. The SMILES string of the molecule is COCCN(C)C/C=C/C(=O)N1CCC(=[N+](C)c2nc(OC[C@@]34CCCN3C[C@H](F)C4)nc3c(F)c(-c4cccc5cccc(Cl)c45)ncc23)C1. The molecule has 2 aromatic heterocycles. The second-order valence-corrected chi connectivity index (χ2v) is 14.2. The third kappa shape index (κ3) is 7.06. The van der Waals surface area contributed by atoms with Gasteiger partial charge in [-0.15, -0.1) is 0 Å². The molecule has 268 valence electrons. The van der Waals surface area contributed by atoms with E-state index in [9.17, 15) is 9.18 Å². The Labute approximate surface area is 301 Å². The Morgan fingerprint density at radius 2 is 2.04 bits per heavy atom. The van der Waals surface area contributed by atoms with Crippen LogP contribution < -0.4 is 4.74 Å². The molecule has 2 atom stereocenters. The minimum atomic E-state index is -0.914. The van der Waals surface area contributed by atoms with Crippen LogP contribution in [0, 0.1) is 5.82 Å². The highest BCUT2D eigenvalue weighted by molar-refractivity contribution is 6.36. The summed E-state index contributed by atoms with van der Waals surface area (Å²) in [7, 11) is 5.49. The molecule has 0 aliphatic carbocycles. The van der Waals surface area contributed by atoms with Gasteiger partial charge in [0.15, 0.2) is 5.82 Å². The van der Waals surface area contributed by atoms with Crippen LogP contribution in [-0.2, 0) is 9.53 Å². The van der Waals surface area contributed by atoms with Crippen molar-refractivity contribution in [3.8, 4) is 17.3 Å². The van der Waals surface area contributed by atoms with Gasteiger partial charge in [0.25, 0.3) is 0 Å². The number of likely N-dealkylation sites (N-methyl/N-ethyl adjacent to an activating group) is 1. The van der Waals surface area contributed by atoms with Crippen LogP contribution in [0.1, 0.15) is 25.7 Å². The highest BCUT2D eigenvalue weighted by atomic mass is 35.5. The number of ether oxygens (including phenoxy) is 2. The van der Waals surface area contributed by atoms with Crippen LogP contribution in [-0.4, -0.2) is 131 Å². The molecule has 51 heavy (non-hydrogen) atoms. The van der Waals surface area contributed by atoms with Crippen molar-refractivity contribution in [2.24, 2.45) is 0 Å². The molecule has 13 heteroatoms. The first-order valence-electron chi connectivity index (χ1n) is 17.4. The van der Waals surface area contributed by atoms with Crippen molar-refractivity contribution >= 4 is 50.7 Å². The van der Waals surface area contributed by atoms with E-state index in [0.717, 1.165) is 37.0 Å². The second-order valence-electron chi connectivity index (χ2n) is 13.8. The first-order valence-corrected chi connectivity index (χ1v) is 17.8. The van der Waals surface area contributed by atoms with Crippen molar-refractivity contribution in [3.63, 3.8) is 0 Å². The number of hydrogen-bond acceptors (Lipinski definition) is 8. The number of amides is 1. The number of alkyl halides is 1. The number of methoxy groups -OCH3 is 1. The third-order valence-corrected chi connectivity index (χ3v) is 10.8. The van der Waals surface area contributed by atoms with Gasteiger partial charge in [0, 0.05) is 79.4 Å². The van der Waals surface area contributed by atoms with Crippen LogP contribution in [0.2, 0.25) is 5.02 Å². The minimum absolute atomic E-state index is 0.00643. The van der Waals surface area contributed by atoms with Gasteiger partial charge in [-0.05, 0) is 37.9 Å². The number of likely N-dealkylation sites (tertiary alicyclic amines) is 1. The Balaban J connectivity index is 1.24. The van der Waals surface area contributed by atoms with E-state index in [4.69, 9.17) is 26.1 Å². The molecule has 7 rings (SSSR count).